The number of ether oxygens (including phenoxy) is 1. The van der Waals surface area contributed by atoms with Crippen molar-refractivity contribution in [3.8, 4) is 11.6 Å². The van der Waals surface area contributed by atoms with E-state index in [9.17, 15) is 22.0 Å². The zero-order chi connectivity index (χ0) is 24.4. The molecule has 0 bridgehead atoms. The van der Waals surface area contributed by atoms with Crippen molar-refractivity contribution in [3.63, 3.8) is 0 Å². The minimum absolute atomic E-state index is 0.00990. The molecule has 178 valence electrons. The van der Waals surface area contributed by atoms with Gasteiger partial charge in [0.2, 0.25) is 11.8 Å². The number of nitrogens with one attached hydrogen (secondary N) is 1. The first kappa shape index (κ1) is 24.8. The van der Waals surface area contributed by atoms with E-state index in [-0.39, 0.29) is 11.4 Å². The van der Waals surface area contributed by atoms with Gasteiger partial charge in [-0.1, -0.05) is 45.0 Å². The molecule has 0 aliphatic heterocycles. The minimum Gasteiger partial charge on any atom is -0.438 e. The fraction of sp³-hybridized carbons (Fsp3) is 0.435. The topological polar surface area (TPSA) is 98.2 Å². The molecule has 1 aromatic carbocycles. The third kappa shape index (κ3) is 6.80. The number of hydrogen-bond donors (Lipinski definition) is 1. The van der Waals surface area contributed by atoms with E-state index in [4.69, 9.17) is 4.74 Å². The van der Waals surface area contributed by atoms with Crippen molar-refractivity contribution in [1.29, 1.82) is 0 Å². The van der Waals surface area contributed by atoms with Crippen molar-refractivity contribution in [3.05, 3.63) is 59.4 Å². The molecule has 0 saturated heterocycles. The van der Waals surface area contributed by atoms with Gasteiger partial charge in [-0.15, -0.1) is 0 Å². The Balaban J connectivity index is 1.92. The number of para-hydroxylation sites is 1. The zero-order valence-corrected chi connectivity index (χ0v) is 19.7. The minimum atomic E-state index is -3.51. The van der Waals surface area contributed by atoms with Crippen molar-refractivity contribution < 1.29 is 26.7 Å². The highest BCUT2D eigenvalue weighted by atomic mass is 32.2. The Morgan fingerprint density at radius 1 is 1.24 bits per heavy atom. The third-order valence-electron chi connectivity index (χ3n) is 5.09. The Morgan fingerprint density at radius 3 is 2.42 bits per heavy atom. The molecule has 7 nitrogen and oxygen atoms in total. The fourth-order valence-electron chi connectivity index (χ4n) is 3.30. The molecular weight excluding hydrogens is 452 g/mol. The number of sulfone groups is 1. The van der Waals surface area contributed by atoms with E-state index in [1.165, 1.54) is 12.3 Å². The first-order chi connectivity index (χ1) is 15.2. The molecule has 1 amide bonds. The van der Waals surface area contributed by atoms with Crippen LogP contribution in [0.15, 0.2) is 48.0 Å². The van der Waals surface area contributed by atoms with Gasteiger partial charge in [0.25, 0.3) is 5.91 Å². The molecule has 1 aliphatic carbocycles. The average Bonchev–Trinajstić information content (AvgIpc) is 2.68. The molecule has 1 atom stereocenters. The molecular formula is C23H27F2N3O4S. The van der Waals surface area contributed by atoms with Gasteiger partial charge in [0.1, 0.15) is 17.1 Å². The molecule has 0 radical (unpaired) electrons. The summed E-state index contributed by atoms with van der Waals surface area (Å²) in [6.45, 7) is 5.74. The summed E-state index contributed by atoms with van der Waals surface area (Å²) in [5.74, 6) is -3.15. The van der Waals surface area contributed by atoms with E-state index in [0.29, 0.717) is 11.6 Å². The highest BCUT2D eigenvalue weighted by molar-refractivity contribution is 7.93. The van der Waals surface area contributed by atoms with Crippen LogP contribution in [0.1, 0.15) is 49.8 Å². The molecule has 10 heteroatoms. The highest BCUT2D eigenvalue weighted by Gasteiger charge is 2.48. The number of carbonyl (C=O) groups excluding carboxylic acids is 1. The van der Waals surface area contributed by atoms with Crippen LogP contribution in [0, 0.1) is 5.92 Å². The number of rotatable bonds is 7. The van der Waals surface area contributed by atoms with Crippen molar-refractivity contribution in [2.45, 2.75) is 51.0 Å². The van der Waals surface area contributed by atoms with Gasteiger partial charge in [0.05, 0.1) is 6.04 Å². The number of nitrogens with zero attached hydrogens (tertiary/aromatic N) is 2. The van der Waals surface area contributed by atoms with Gasteiger partial charge in [-0.25, -0.2) is 22.2 Å². The predicted octanol–water partition coefficient (Wildman–Crippen LogP) is 4.27. The second kappa shape index (κ2) is 9.17. The molecule has 1 aliphatic rings. The van der Waals surface area contributed by atoms with Crippen LogP contribution in [-0.4, -0.2) is 42.5 Å². The molecule has 0 unspecified atom stereocenters. The number of alkyl halides is 2. The van der Waals surface area contributed by atoms with Gasteiger partial charge in [-0.3, -0.25) is 4.79 Å². The molecule has 33 heavy (non-hydrogen) atoms. The molecule has 3 rings (SSSR count). The summed E-state index contributed by atoms with van der Waals surface area (Å²) in [6, 6.07) is 7.85. The van der Waals surface area contributed by atoms with Crippen molar-refractivity contribution in [2.24, 2.45) is 5.92 Å². The Labute approximate surface area is 192 Å². The molecule has 2 aromatic rings. The maximum atomic E-state index is 13.5. The number of halogens is 2. The Kier molecular flexibility index (Phi) is 6.88. The summed E-state index contributed by atoms with van der Waals surface area (Å²) in [5.41, 5.74) is -0.405. The van der Waals surface area contributed by atoms with Crippen LogP contribution in [0.5, 0.6) is 11.6 Å². The summed E-state index contributed by atoms with van der Waals surface area (Å²) in [7, 11) is -3.51. The molecule has 1 N–H and O–H groups in total. The van der Waals surface area contributed by atoms with Crippen LogP contribution in [0.2, 0.25) is 0 Å². The normalized spacial score (nSPS) is 17.4. The van der Waals surface area contributed by atoms with Crippen LogP contribution in [-0.2, 0) is 15.3 Å². The number of aromatic nitrogens is 2. The highest BCUT2D eigenvalue weighted by Crippen LogP contribution is 2.44. The lowest BCUT2D eigenvalue weighted by Gasteiger charge is -2.39. The van der Waals surface area contributed by atoms with Gasteiger partial charge >= 0.3 is 0 Å². The summed E-state index contributed by atoms with van der Waals surface area (Å²) in [6.07, 6.45) is 2.66. The van der Waals surface area contributed by atoms with Gasteiger partial charge in [-0.05, 0) is 18.1 Å². The number of amides is 1. The molecule has 1 saturated carbocycles. The molecule has 1 heterocycles. The van der Waals surface area contributed by atoms with Crippen molar-refractivity contribution in [1.82, 2.24) is 15.3 Å². The van der Waals surface area contributed by atoms with E-state index >= 15 is 0 Å². The maximum absolute atomic E-state index is 13.5. The Hall–Kier alpha value is -2.88. The third-order valence-corrected chi connectivity index (χ3v) is 5.74. The Bertz CT molecular complexity index is 1140. The Morgan fingerprint density at radius 2 is 1.88 bits per heavy atom. The number of carbonyl (C=O) groups is 1. The maximum Gasteiger partial charge on any atom is 0.258 e. The van der Waals surface area contributed by atoms with E-state index in [1.54, 1.807) is 24.3 Å². The van der Waals surface area contributed by atoms with E-state index < -0.39 is 51.9 Å². The van der Waals surface area contributed by atoms with Gasteiger partial charge in [-0.2, -0.15) is 4.98 Å². The monoisotopic (exact) mass is 479 g/mol. The number of hydrogen-bond acceptors (Lipinski definition) is 6. The smallest absolute Gasteiger partial charge is 0.258 e. The fourth-order valence-corrected chi connectivity index (χ4v) is 3.76. The first-order valence-electron chi connectivity index (χ1n) is 10.4. The summed E-state index contributed by atoms with van der Waals surface area (Å²) < 4.78 is 55.8. The van der Waals surface area contributed by atoms with Crippen molar-refractivity contribution in [2.75, 3.05) is 6.26 Å². The molecule has 1 aromatic heterocycles. The lowest BCUT2D eigenvalue weighted by molar-refractivity contribution is -0.114. The lowest BCUT2D eigenvalue weighted by atomic mass is 9.76. The van der Waals surface area contributed by atoms with Crippen LogP contribution in [0.4, 0.5) is 8.78 Å². The van der Waals surface area contributed by atoms with Crippen LogP contribution in [0.25, 0.3) is 0 Å². The second-order valence-electron chi connectivity index (χ2n) is 9.26. The van der Waals surface area contributed by atoms with E-state index in [1.807, 2.05) is 26.8 Å². The van der Waals surface area contributed by atoms with E-state index in [0.717, 1.165) is 11.7 Å². The standard InChI is InChI=1S/C23H27F2N3O4S/c1-22(2,3)21-26-14-17(20(28-21)32-16-8-6-5-7-9-16)19(29)27-18(10-11-33(4,30)31)15-12-23(24,25)13-15/h5-11,14-15,18H,12-13H2,1-4H3,(H,27,29)/b11-10+/t18-/m1/s1. The van der Waals surface area contributed by atoms with Crippen LogP contribution in [0.3, 0.4) is 0 Å². The zero-order valence-electron chi connectivity index (χ0n) is 18.9. The SMILES string of the molecule is CC(C)(C)c1ncc(C(=O)N[C@H](/C=C/S(C)(=O)=O)C2CC(F)(F)C2)c(Oc2ccccc2)n1. The van der Waals surface area contributed by atoms with Gasteiger partial charge < -0.3 is 10.1 Å². The first-order valence-corrected chi connectivity index (χ1v) is 12.4. The lowest BCUT2D eigenvalue weighted by Crippen LogP contribution is -2.49. The van der Waals surface area contributed by atoms with Gasteiger partial charge in [0.15, 0.2) is 9.84 Å². The van der Waals surface area contributed by atoms with Crippen LogP contribution < -0.4 is 10.1 Å². The van der Waals surface area contributed by atoms with Gasteiger partial charge in [0, 0.05) is 36.1 Å². The molecule has 0 spiro atoms. The number of benzene rings is 1. The largest absolute Gasteiger partial charge is 0.438 e. The summed E-state index contributed by atoms with van der Waals surface area (Å²) in [4.78, 5) is 21.8. The molecule has 1 fully saturated rings. The van der Waals surface area contributed by atoms with Crippen molar-refractivity contribution >= 4 is 15.7 Å². The van der Waals surface area contributed by atoms with E-state index in [2.05, 4.69) is 15.3 Å². The predicted molar refractivity (Wildman–Crippen MR) is 120 cm³/mol. The average molecular weight is 480 g/mol. The summed E-state index contributed by atoms with van der Waals surface area (Å²) in [5, 5.41) is 3.56. The second-order valence-corrected chi connectivity index (χ2v) is 11.2. The quantitative estimate of drug-likeness (QED) is 0.637. The summed E-state index contributed by atoms with van der Waals surface area (Å²) >= 11 is 0. The van der Waals surface area contributed by atoms with Crippen LogP contribution >= 0.6 is 0 Å².